The highest BCUT2D eigenvalue weighted by molar-refractivity contribution is 6.29. The van der Waals surface area contributed by atoms with Gasteiger partial charge in [0, 0.05) is 38.2 Å². The Kier molecular flexibility index (Phi) is 6.88. The Morgan fingerprint density at radius 1 is 1.29 bits per heavy atom. The van der Waals surface area contributed by atoms with E-state index in [1.165, 1.54) is 0 Å². The Morgan fingerprint density at radius 3 is 2.82 bits per heavy atom. The SMILES string of the molecule is CCOC(=O)C1CCCCN1C(=O)CC1CCC(=O)N1Cc1ccc(Cl)nc1. The maximum atomic E-state index is 13.0. The van der Waals surface area contributed by atoms with Gasteiger partial charge in [0.2, 0.25) is 11.8 Å². The van der Waals surface area contributed by atoms with Crippen molar-refractivity contribution in [3.8, 4) is 0 Å². The summed E-state index contributed by atoms with van der Waals surface area (Å²) in [6.45, 7) is 3.03. The van der Waals surface area contributed by atoms with Crippen molar-refractivity contribution >= 4 is 29.4 Å². The monoisotopic (exact) mass is 407 g/mol. The van der Waals surface area contributed by atoms with Crippen molar-refractivity contribution in [1.82, 2.24) is 14.8 Å². The molecule has 0 aliphatic carbocycles. The van der Waals surface area contributed by atoms with E-state index in [0.29, 0.717) is 44.1 Å². The molecular weight excluding hydrogens is 382 g/mol. The fourth-order valence-corrected chi connectivity index (χ4v) is 4.06. The summed E-state index contributed by atoms with van der Waals surface area (Å²) in [7, 11) is 0. The van der Waals surface area contributed by atoms with Crippen molar-refractivity contribution in [1.29, 1.82) is 0 Å². The van der Waals surface area contributed by atoms with Gasteiger partial charge in [0.25, 0.3) is 0 Å². The summed E-state index contributed by atoms with van der Waals surface area (Å²) in [5, 5.41) is 0.401. The molecule has 0 aromatic carbocycles. The first-order chi connectivity index (χ1) is 13.5. The molecule has 3 heterocycles. The van der Waals surface area contributed by atoms with Crippen molar-refractivity contribution in [3.05, 3.63) is 29.0 Å². The molecule has 1 aromatic heterocycles. The molecular formula is C20H26ClN3O4. The first kappa shape index (κ1) is 20.6. The number of esters is 1. The molecule has 3 rings (SSSR count). The number of rotatable bonds is 6. The minimum atomic E-state index is -0.507. The number of piperidine rings is 1. The topological polar surface area (TPSA) is 79.8 Å². The predicted molar refractivity (Wildman–Crippen MR) is 103 cm³/mol. The van der Waals surface area contributed by atoms with Gasteiger partial charge in [-0.25, -0.2) is 9.78 Å². The lowest BCUT2D eigenvalue weighted by atomic mass is 10.0. The molecule has 28 heavy (non-hydrogen) atoms. The summed E-state index contributed by atoms with van der Waals surface area (Å²) in [5.41, 5.74) is 0.875. The normalized spacial score (nSPS) is 22.4. The van der Waals surface area contributed by atoms with Crippen molar-refractivity contribution in [2.45, 2.75) is 64.1 Å². The van der Waals surface area contributed by atoms with Crippen LogP contribution in [0.4, 0.5) is 0 Å². The zero-order valence-electron chi connectivity index (χ0n) is 16.1. The first-order valence-corrected chi connectivity index (χ1v) is 10.2. The number of pyridine rings is 1. The first-order valence-electron chi connectivity index (χ1n) is 9.85. The van der Waals surface area contributed by atoms with E-state index in [-0.39, 0.29) is 30.2 Å². The van der Waals surface area contributed by atoms with Crippen molar-refractivity contribution < 1.29 is 19.1 Å². The van der Waals surface area contributed by atoms with Gasteiger partial charge in [-0.3, -0.25) is 9.59 Å². The van der Waals surface area contributed by atoms with Crippen molar-refractivity contribution in [2.75, 3.05) is 13.2 Å². The third kappa shape index (κ3) is 4.82. The number of likely N-dealkylation sites (tertiary alicyclic amines) is 2. The van der Waals surface area contributed by atoms with Crippen LogP contribution in [0.1, 0.15) is 51.0 Å². The molecule has 0 saturated carbocycles. The van der Waals surface area contributed by atoms with E-state index in [1.54, 1.807) is 29.0 Å². The van der Waals surface area contributed by atoms with Crippen LogP contribution in [0.3, 0.4) is 0 Å². The van der Waals surface area contributed by atoms with E-state index >= 15 is 0 Å². The summed E-state index contributed by atoms with van der Waals surface area (Å²) in [5.74, 6) is -0.382. The van der Waals surface area contributed by atoms with Crippen LogP contribution in [0.2, 0.25) is 5.15 Å². The minimum absolute atomic E-state index is 0.0355. The maximum absolute atomic E-state index is 13.0. The second kappa shape index (κ2) is 9.37. The molecule has 0 bridgehead atoms. The second-order valence-electron chi connectivity index (χ2n) is 7.26. The number of amides is 2. The molecule has 152 valence electrons. The fourth-order valence-electron chi connectivity index (χ4n) is 3.95. The largest absolute Gasteiger partial charge is 0.464 e. The number of carbonyl (C=O) groups excluding carboxylic acids is 3. The smallest absolute Gasteiger partial charge is 0.328 e. The second-order valence-corrected chi connectivity index (χ2v) is 7.65. The molecule has 2 amide bonds. The van der Waals surface area contributed by atoms with E-state index in [9.17, 15) is 14.4 Å². The van der Waals surface area contributed by atoms with Gasteiger partial charge in [-0.1, -0.05) is 17.7 Å². The summed E-state index contributed by atoms with van der Waals surface area (Å²) in [4.78, 5) is 45.0. The van der Waals surface area contributed by atoms with Crippen LogP contribution in [0.5, 0.6) is 0 Å². The number of nitrogens with zero attached hydrogens (tertiary/aromatic N) is 3. The van der Waals surface area contributed by atoms with Crippen LogP contribution in [0, 0.1) is 0 Å². The number of hydrogen-bond acceptors (Lipinski definition) is 5. The Morgan fingerprint density at radius 2 is 2.11 bits per heavy atom. The van der Waals surface area contributed by atoms with Crippen molar-refractivity contribution in [2.24, 2.45) is 0 Å². The predicted octanol–water partition coefficient (Wildman–Crippen LogP) is 2.56. The number of hydrogen-bond donors (Lipinski definition) is 0. The van der Waals surface area contributed by atoms with Gasteiger partial charge in [-0.2, -0.15) is 0 Å². The lowest BCUT2D eigenvalue weighted by Crippen LogP contribution is -2.50. The fraction of sp³-hybridized carbons (Fsp3) is 0.600. The molecule has 2 unspecified atom stereocenters. The van der Waals surface area contributed by atoms with Gasteiger partial charge >= 0.3 is 5.97 Å². The molecule has 2 atom stereocenters. The third-order valence-corrected chi connectivity index (χ3v) is 5.61. The molecule has 0 N–H and O–H groups in total. The van der Waals surface area contributed by atoms with E-state index < -0.39 is 6.04 Å². The molecule has 0 spiro atoms. The van der Waals surface area contributed by atoms with Crippen LogP contribution in [0.25, 0.3) is 0 Å². The van der Waals surface area contributed by atoms with E-state index in [2.05, 4.69) is 4.98 Å². The van der Waals surface area contributed by atoms with Crippen LogP contribution in [0.15, 0.2) is 18.3 Å². The Balaban J connectivity index is 1.66. The minimum Gasteiger partial charge on any atom is -0.464 e. The highest BCUT2D eigenvalue weighted by Gasteiger charge is 2.37. The molecule has 2 aliphatic heterocycles. The quantitative estimate of drug-likeness (QED) is 0.534. The molecule has 7 nitrogen and oxygen atoms in total. The highest BCUT2D eigenvalue weighted by atomic mass is 35.5. The molecule has 8 heteroatoms. The number of halogens is 1. The van der Waals surface area contributed by atoms with Crippen LogP contribution >= 0.6 is 11.6 Å². The number of ether oxygens (including phenoxy) is 1. The maximum Gasteiger partial charge on any atom is 0.328 e. The lowest BCUT2D eigenvalue weighted by molar-refractivity contribution is -0.157. The average molecular weight is 408 g/mol. The summed E-state index contributed by atoms with van der Waals surface area (Å²) >= 11 is 5.82. The molecule has 1 aromatic rings. The van der Waals surface area contributed by atoms with E-state index in [1.807, 2.05) is 6.07 Å². The average Bonchev–Trinajstić information content (AvgIpc) is 3.03. The standard InChI is InChI=1S/C20H26ClN3O4/c1-2-28-20(27)16-5-3-4-10-23(16)19(26)11-15-7-9-18(25)24(15)13-14-6-8-17(21)22-12-14/h6,8,12,15-16H,2-5,7,9-11,13H2,1H3. The summed E-state index contributed by atoms with van der Waals surface area (Å²) < 4.78 is 5.14. The summed E-state index contributed by atoms with van der Waals surface area (Å²) in [6, 6.07) is 2.85. The van der Waals surface area contributed by atoms with Crippen LogP contribution in [-0.4, -0.2) is 57.8 Å². The molecule has 2 fully saturated rings. The number of carbonyl (C=O) groups is 3. The van der Waals surface area contributed by atoms with Gasteiger partial charge in [0.05, 0.1) is 6.61 Å². The van der Waals surface area contributed by atoms with Gasteiger partial charge in [0.1, 0.15) is 11.2 Å². The van der Waals surface area contributed by atoms with Crippen LogP contribution in [-0.2, 0) is 25.7 Å². The van der Waals surface area contributed by atoms with Gasteiger partial charge in [0.15, 0.2) is 0 Å². The van der Waals surface area contributed by atoms with Gasteiger partial charge in [-0.05, 0) is 44.2 Å². The Bertz CT molecular complexity index is 725. The molecule has 0 radical (unpaired) electrons. The molecule has 2 aliphatic rings. The van der Waals surface area contributed by atoms with Crippen LogP contribution < -0.4 is 0 Å². The Labute approximate surface area is 170 Å². The zero-order chi connectivity index (χ0) is 20.1. The van der Waals surface area contributed by atoms with E-state index in [4.69, 9.17) is 16.3 Å². The van der Waals surface area contributed by atoms with Crippen molar-refractivity contribution in [3.63, 3.8) is 0 Å². The van der Waals surface area contributed by atoms with Gasteiger partial charge < -0.3 is 14.5 Å². The zero-order valence-corrected chi connectivity index (χ0v) is 16.9. The van der Waals surface area contributed by atoms with E-state index in [0.717, 1.165) is 18.4 Å². The molecule has 2 saturated heterocycles. The summed E-state index contributed by atoms with van der Waals surface area (Å²) in [6.07, 6.45) is 5.37. The van der Waals surface area contributed by atoms with Gasteiger partial charge in [-0.15, -0.1) is 0 Å². The lowest BCUT2D eigenvalue weighted by Gasteiger charge is -2.35. The number of aromatic nitrogens is 1. The Hall–Kier alpha value is -2.15. The highest BCUT2D eigenvalue weighted by Crippen LogP contribution is 2.27. The third-order valence-electron chi connectivity index (χ3n) is 5.39.